The van der Waals surface area contributed by atoms with Crippen LogP contribution in [-0.2, 0) is 14.8 Å². The monoisotopic (exact) mass is 365 g/mol. The van der Waals surface area contributed by atoms with Gasteiger partial charge in [-0.2, -0.15) is 4.31 Å². The summed E-state index contributed by atoms with van der Waals surface area (Å²) in [4.78, 5) is 26.9. The zero-order valence-corrected chi connectivity index (χ0v) is 14.5. The number of aromatic nitrogens is 1. The number of fused-ring (bicyclic) bond motifs is 1. The number of nitrogens with zero attached hydrogens (tertiary/aromatic N) is 1. The first-order valence-corrected chi connectivity index (χ1v) is 9.66. The summed E-state index contributed by atoms with van der Waals surface area (Å²) in [5, 5.41) is 3.36. The van der Waals surface area contributed by atoms with Gasteiger partial charge in [-0.25, -0.2) is 8.42 Å². The van der Waals surface area contributed by atoms with Crippen LogP contribution in [-0.4, -0.2) is 62.2 Å². The molecule has 8 nitrogen and oxygen atoms in total. The van der Waals surface area contributed by atoms with Gasteiger partial charge in [0.25, 0.3) is 5.91 Å². The molecule has 2 aromatic rings. The van der Waals surface area contributed by atoms with Gasteiger partial charge >= 0.3 is 0 Å². The molecular weight excluding hydrogens is 346 g/mol. The summed E-state index contributed by atoms with van der Waals surface area (Å²) < 4.78 is 30.1. The Balaban J connectivity index is 1.72. The first-order chi connectivity index (χ1) is 11.8. The number of morpholine rings is 1. The fraction of sp³-hybridized carbons (Fsp3) is 0.375. The van der Waals surface area contributed by atoms with Crippen LogP contribution in [0.25, 0.3) is 10.9 Å². The number of nitrogens with one attached hydrogen (secondary N) is 2. The van der Waals surface area contributed by atoms with Crippen molar-refractivity contribution < 1.29 is 17.9 Å². The molecule has 1 aromatic carbocycles. The molecule has 1 aliphatic rings. The van der Waals surface area contributed by atoms with E-state index in [1.165, 1.54) is 10.4 Å². The third-order valence-corrected chi connectivity index (χ3v) is 5.33. The highest BCUT2D eigenvalue weighted by atomic mass is 32.2. The van der Waals surface area contributed by atoms with Gasteiger partial charge in [-0.05, 0) is 6.07 Å². The third kappa shape index (κ3) is 4.06. The van der Waals surface area contributed by atoms with Crippen LogP contribution in [0.2, 0.25) is 0 Å². The number of H-pyrrole nitrogens is 1. The highest BCUT2D eigenvalue weighted by Crippen LogP contribution is 2.14. The van der Waals surface area contributed by atoms with E-state index >= 15 is 0 Å². The lowest BCUT2D eigenvalue weighted by atomic mass is 10.1. The third-order valence-electron chi connectivity index (χ3n) is 4.06. The number of pyridine rings is 1. The van der Waals surface area contributed by atoms with Gasteiger partial charge in [0.2, 0.25) is 15.6 Å². The van der Waals surface area contributed by atoms with Crippen molar-refractivity contribution in [2.45, 2.75) is 6.10 Å². The minimum Gasteiger partial charge on any atom is -0.374 e. The van der Waals surface area contributed by atoms with Crippen molar-refractivity contribution >= 4 is 26.8 Å². The summed E-state index contributed by atoms with van der Waals surface area (Å²) >= 11 is 0. The molecule has 3 rings (SSSR count). The normalized spacial score (nSPS) is 19.0. The standard InChI is InChI=1S/C16H19N3O5S/c1-25(22,23)19-6-7-24-11(10-19)9-17-16(21)13-8-15(20)18-14-5-3-2-4-12(13)14/h2-5,8,11H,6-7,9-10H2,1H3,(H,17,21)(H,18,20)/t11-/m0/s1. The number of aromatic amines is 1. The van der Waals surface area contributed by atoms with Gasteiger partial charge in [-0.3, -0.25) is 9.59 Å². The van der Waals surface area contributed by atoms with Crippen molar-refractivity contribution in [1.29, 1.82) is 0 Å². The number of amides is 1. The molecule has 0 aliphatic carbocycles. The van der Waals surface area contributed by atoms with Gasteiger partial charge < -0.3 is 15.0 Å². The van der Waals surface area contributed by atoms with E-state index in [-0.39, 0.29) is 30.8 Å². The molecule has 25 heavy (non-hydrogen) atoms. The molecule has 1 atom stereocenters. The molecule has 2 heterocycles. The Morgan fingerprint density at radius 3 is 2.92 bits per heavy atom. The Labute approximate surface area is 144 Å². The molecule has 0 bridgehead atoms. The van der Waals surface area contributed by atoms with Crippen molar-refractivity contribution in [2.24, 2.45) is 0 Å². The predicted molar refractivity (Wildman–Crippen MR) is 93.1 cm³/mol. The molecule has 1 aliphatic heterocycles. The van der Waals surface area contributed by atoms with Crippen LogP contribution in [0.5, 0.6) is 0 Å². The molecule has 2 N–H and O–H groups in total. The maximum atomic E-state index is 12.5. The van der Waals surface area contributed by atoms with Gasteiger partial charge in [-0.15, -0.1) is 0 Å². The minimum absolute atomic E-state index is 0.159. The van der Waals surface area contributed by atoms with E-state index in [2.05, 4.69) is 10.3 Å². The van der Waals surface area contributed by atoms with Crippen LogP contribution in [0.15, 0.2) is 35.1 Å². The summed E-state index contributed by atoms with van der Waals surface area (Å²) in [5.41, 5.74) is 0.494. The van der Waals surface area contributed by atoms with Gasteiger partial charge in [0, 0.05) is 36.6 Å². The SMILES string of the molecule is CS(=O)(=O)N1CCO[C@@H](CNC(=O)c2cc(=O)[nH]c3ccccc23)C1. The van der Waals surface area contributed by atoms with Crippen molar-refractivity contribution in [2.75, 3.05) is 32.5 Å². The Bertz CT molecular complexity index is 954. The Morgan fingerprint density at radius 2 is 2.16 bits per heavy atom. The zero-order valence-electron chi connectivity index (χ0n) is 13.7. The van der Waals surface area contributed by atoms with Crippen LogP contribution in [0.4, 0.5) is 0 Å². The lowest BCUT2D eigenvalue weighted by Crippen LogP contribution is -2.49. The van der Waals surface area contributed by atoms with Crippen LogP contribution < -0.4 is 10.9 Å². The minimum atomic E-state index is -3.29. The second-order valence-corrected chi connectivity index (χ2v) is 7.90. The molecule has 134 valence electrons. The molecule has 0 saturated carbocycles. The van der Waals surface area contributed by atoms with Crippen molar-refractivity contribution in [3.63, 3.8) is 0 Å². The number of hydrogen-bond donors (Lipinski definition) is 2. The van der Waals surface area contributed by atoms with Crippen molar-refractivity contribution in [3.05, 3.63) is 46.2 Å². The largest absolute Gasteiger partial charge is 0.374 e. The Morgan fingerprint density at radius 1 is 1.40 bits per heavy atom. The highest BCUT2D eigenvalue weighted by molar-refractivity contribution is 7.88. The number of sulfonamides is 1. The fourth-order valence-electron chi connectivity index (χ4n) is 2.81. The average molecular weight is 365 g/mol. The second-order valence-electron chi connectivity index (χ2n) is 5.92. The van der Waals surface area contributed by atoms with E-state index in [1.54, 1.807) is 24.3 Å². The van der Waals surface area contributed by atoms with Crippen molar-refractivity contribution in [3.8, 4) is 0 Å². The zero-order chi connectivity index (χ0) is 18.0. The maximum Gasteiger partial charge on any atom is 0.252 e. The number of carbonyl (C=O) groups is 1. The van der Waals surface area contributed by atoms with Crippen LogP contribution in [0.1, 0.15) is 10.4 Å². The predicted octanol–water partition coefficient (Wildman–Crippen LogP) is -0.0817. The van der Waals surface area contributed by atoms with E-state index < -0.39 is 22.0 Å². The summed E-state index contributed by atoms with van der Waals surface area (Å²) in [6.45, 7) is 0.935. The average Bonchev–Trinajstić information content (AvgIpc) is 2.58. The van der Waals surface area contributed by atoms with Gasteiger partial charge in [0.15, 0.2) is 0 Å². The van der Waals surface area contributed by atoms with E-state index in [4.69, 9.17) is 4.74 Å². The molecular formula is C16H19N3O5S. The smallest absolute Gasteiger partial charge is 0.252 e. The summed E-state index contributed by atoms with van der Waals surface area (Å²) in [6.07, 6.45) is 0.719. The molecule has 0 radical (unpaired) electrons. The van der Waals surface area contributed by atoms with Gasteiger partial charge in [-0.1, -0.05) is 18.2 Å². The molecule has 0 unspecified atom stereocenters. The van der Waals surface area contributed by atoms with Crippen molar-refractivity contribution in [1.82, 2.24) is 14.6 Å². The second kappa shape index (κ2) is 6.95. The summed E-state index contributed by atoms with van der Waals surface area (Å²) in [7, 11) is -3.29. The van der Waals surface area contributed by atoms with Crippen LogP contribution >= 0.6 is 0 Å². The number of hydrogen-bond acceptors (Lipinski definition) is 5. The summed E-state index contributed by atoms with van der Waals surface area (Å²) in [5.74, 6) is -0.401. The molecule has 1 saturated heterocycles. The molecule has 0 spiro atoms. The Kier molecular flexibility index (Phi) is 4.89. The number of ether oxygens (including phenoxy) is 1. The quantitative estimate of drug-likeness (QED) is 0.788. The lowest BCUT2D eigenvalue weighted by molar-refractivity contribution is 0.000446. The molecule has 1 fully saturated rings. The van der Waals surface area contributed by atoms with Crippen LogP contribution in [0, 0.1) is 0 Å². The van der Waals surface area contributed by atoms with E-state index in [9.17, 15) is 18.0 Å². The van der Waals surface area contributed by atoms with Gasteiger partial charge in [0.1, 0.15) is 0 Å². The Hall–Kier alpha value is -2.23. The number of carbonyl (C=O) groups excluding carboxylic acids is 1. The number of rotatable bonds is 4. The highest BCUT2D eigenvalue weighted by Gasteiger charge is 2.27. The van der Waals surface area contributed by atoms with Crippen LogP contribution in [0.3, 0.4) is 0 Å². The van der Waals surface area contributed by atoms with E-state index in [0.717, 1.165) is 6.26 Å². The fourth-order valence-corrected chi connectivity index (χ4v) is 3.65. The molecule has 1 amide bonds. The number of benzene rings is 1. The molecule has 1 aromatic heterocycles. The first-order valence-electron chi connectivity index (χ1n) is 7.81. The van der Waals surface area contributed by atoms with Gasteiger partial charge in [0.05, 0.1) is 24.5 Å². The first kappa shape index (κ1) is 17.6. The topological polar surface area (TPSA) is 109 Å². The number of para-hydroxylation sites is 1. The van der Waals surface area contributed by atoms with E-state index in [0.29, 0.717) is 17.4 Å². The maximum absolute atomic E-state index is 12.5. The van der Waals surface area contributed by atoms with E-state index in [1.807, 2.05) is 0 Å². The summed E-state index contributed by atoms with van der Waals surface area (Å²) in [6, 6.07) is 8.29. The lowest BCUT2D eigenvalue weighted by Gasteiger charge is -2.31. The molecule has 9 heteroatoms.